The lowest BCUT2D eigenvalue weighted by atomic mass is 10.1. The first-order valence-electron chi connectivity index (χ1n) is 10.0. The third-order valence-electron chi connectivity index (χ3n) is 5.07. The van der Waals surface area contributed by atoms with E-state index in [1.807, 2.05) is 0 Å². The molecular weight excluding hydrogens is 441 g/mol. The maximum absolute atomic E-state index is 13.1. The fraction of sp³-hybridized carbons (Fsp3) is 0.273. The van der Waals surface area contributed by atoms with E-state index < -0.39 is 17.6 Å². The van der Waals surface area contributed by atoms with E-state index in [2.05, 4.69) is 15.3 Å². The van der Waals surface area contributed by atoms with Crippen LogP contribution in [0.5, 0.6) is 0 Å². The zero-order valence-corrected chi connectivity index (χ0v) is 17.7. The largest absolute Gasteiger partial charge is 0.416 e. The van der Waals surface area contributed by atoms with Crippen LogP contribution in [-0.4, -0.2) is 39.8 Å². The molecule has 6 nitrogen and oxygen atoms in total. The fourth-order valence-corrected chi connectivity index (χ4v) is 4.35. The minimum atomic E-state index is -4.48. The van der Waals surface area contributed by atoms with Crippen LogP contribution in [0, 0.1) is 0 Å². The summed E-state index contributed by atoms with van der Waals surface area (Å²) in [6.45, 7) is 1.32. The van der Waals surface area contributed by atoms with Gasteiger partial charge in [0, 0.05) is 24.8 Å². The number of thiazole rings is 1. The van der Waals surface area contributed by atoms with Crippen molar-refractivity contribution in [2.75, 3.05) is 18.4 Å². The molecule has 4 rings (SSSR count). The number of rotatable bonds is 4. The van der Waals surface area contributed by atoms with E-state index in [0.717, 1.165) is 54.9 Å². The summed E-state index contributed by atoms with van der Waals surface area (Å²) < 4.78 is 38.3. The molecule has 0 saturated carbocycles. The molecule has 0 atom stereocenters. The van der Waals surface area contributed by atoms with E-state index in [0.29, 0.717) is 29.4 Å². The average molecular weight is 460 g/mol. The van der Waals surface area contributed by atoms with Gasteiger partial charge in [0.25, 0.3) is 11.8 Å². The predicted octanol–water partition coefficient (Wildman–Crippen LogP) is 5.10. The zero-order chi connectivity index (χ0) is 22.7. The molecule has 166 valence electrons. The topological polar surface area (TPSA) is 75.2 Å². The Morgan fingerprint density at radius 3 is 2.34 bits per heavy atom. The van der Waals surface area contributed by atoms with Gasteiger partial charge >= 0.3 is 6.18 Å². The number of hydrogen-bond donors (Lipinski definition) is 1. The predicted molar refractivity (Wildman–Crippen MR) is 114 cm³/mol. The smallest absolute Gasteiger partial charge is 0.338 e. The van der Waals surface area contributed by atoms with Crippen molar-refractivity contribution in [3.63, 3.8) is 0 Å². The van der Waals surface area contributed by atoms with Crippen LogP contribution in [0.2, 0.25) is 0 Å². The molecule has 0 bridgehead atoms. The molecule has 1 aliphatic heterocycles. The van der Waals surface area contributed by atoms with Crippen LogP contribution in [0.15, 0.2) is 48.7 Å². The molecule has 10 heteroatoms. The number of amides is 2. The first-order valence-corrected chi connectivity index (χ1v) is 10.8. The lowest BCUT2D eigenvalue weighted by molar-refractivity contribution is -0.137. The minimum absolute atomic E-state index is 0.0523. The number of carbonyl (C=O) groups excluding carboxylic acids is 2. The molecule has 1 aromatic carbocycles. The second-order valence-electron chi connectivity index (χ2n) is 7.29. The molecule has 2 aromatic heterocycles. The molecule has 1 fully saturated rings. The van der Waals surface area contributed by atoms with Gasteiger partial charge in [-0.3, -0.25) is 19.9 Å². The highest BCUT2D eigenvalue weighted by atomic mass is 32.1. The maximum Gasteiger partial charge on any atom is 0.416 e. The van der Waals surface area contributed by atoms with Gasteiger partial charge in [-0.25, -0.2) is 4.98 Å². The van der Waals surface area contributed by atoms with Gasteiger partial charge in [-0.05, 0) is 55.7 Å². The van der Waals surface area contributed by atoms with Crippen molar-refractivity contribution in [3.05, 3.63) is 64.7 Å². The molecule has 1 aliphatic rings. The SMILES string of the molecule is O=C(Nc1nc(-c2ccccn2)c(C(=O)N2CCCCC2)s1)c1ccc(C(F)(F)F)cc1. The van der Waals surface area contributed by atoms with Crippen LogP contribution in [0.4, 0.5) is 18.3 Å². The van der Waals surface area contributed by atoms with Crippen molar-refractivity contribution < 1.29 is 22.8 Å². The summed E-state index contributed by atoms with van der Waals surface area (Å²) >= 11 is 1.03. The quantitative estimate of drug-likeness (QED) is 0.588. The average Bonchev–Trinajstić information content (AvgIpc) is 3.23. The number of anilines is 1. The van der Waals surface area contributed by atoms with Crippen LogP contribution in [-0.2, 0) is 6.18 Å². The van der Waals surface area contributed by atoms with Crippen LogP contribution >= 0.6 is 11.3 Å². The number of alkyl halides is 3. The van der Waals surface area contributed by atoms with Crippen molar-refractivity contribution in [1.29, 1.82) is 0 Å². The number of nitrogens with one attached hydrogen (secondary N) is 1. The summed E-state index contributed by atoms with van der Waals surface area (Å²) in [6.07, 6.45) is 0.0475. The monoisotopic (exact) mass is 460 g/mol. The number of carbonyl (C=O) groups is 2. The van der Waals surface area contributed by atoms with Crippen LogP contribution in [0.1, 0.15) is 44.9 Å². The number of aromatic nitrogens is 2. The summed E-state index contributed by atoms with van der Waals surface area (Å²) in [5.41, 5.74) is 0.0830. The second-order valence-corrected chi connectivity index (χ2v) is 8.29. The summed E-state index contributed by atoms with van der Waals surface area (Å²) in [6, 6.07) is 9.15. The molecule has 0 radical (unpaired) electrons. The van der Waals surface area contributed by atoms with Gasteiger partial charge in [0.1, 0.15) is 10.6 Å². The number of halogens is 3. The second kappa shape index (κ2) is 9.07. The van der Waals surface area contributed by atoms with Crippen LogP contribution in [0.3, 0.4) is 0 Å². The zero-order valence-electron chi connectivity index (χ0n) is 16.9. The van der Waals surface area contributed by atoms with Gasteiger partial charge in [-0.1, -0.05) is 17.4 Å². The third kappa shape index (κ3) is 4.80. The number of benzene rings is 1. The van der Waals surface area contributed by atoms with Crippen molar-refractivity contribution in [2.45, 2.75) is 25.4 Å². The van der Waals surface area contributed by atoms with Gasteiger partial charge in [0.15, 0.2) is 5.13 Å². The third-order valence-corrected chi connectivity index (χ3v) is 6.03. The molecule has 1 N–H and O–H groups in total. The van der Waals surface area contributed by atoms with E-state index >= 15 is 0 Å². The Bertz CT molecular complexity index is 1110. The molecule has 2 amide bonds. The highest BCUT2D eigenvalue weighted by Crippen LogP contribution is 2.33. The number of piperidine rings is 1. The molecule has 32 heavy (non-hydrogen) atoms. The van der Waals surface area contributed by atoms with E-state index in [1.54, 1.807) is 29.3 Å². The number of pyridine rings is 1. The van der Waals surface area contributed by atoms with E-state index in [4.69, 9.17) is 0 Å². The molecular formula is C22H19F3N4O2S. The Labute approximate surface area is 186 Å². The molecule has 3 aromatic rings. The van der Waals surface area contributed by atoms with Crippen molar-refractivity contribution in [3.8, 4) is 11.4 Å². The first-order chi connectivity index (χ1) is 15.3. The van der Waals surface area contributed by atoms with E-state index in [9.17, 15) is 22.8 Å². The summed E-state index contributed by atoms with van der Waals surface area (Å²) in [5, 5.41) is 2.77. The Hall–Kier alpha value is -3.27. The standard InChI is InChI=1S/C22H19F3N4O2S/c23-22(24,25)15-9-7-14(8-10-15)19(30)28-21-27-17(16-6-2-3-11-26-16)18(32-21)20(31)29-12-4-1-5-13-29/h2-3,6-11H,1,4-5,12-13H2,(H,27,28,30). The highest BCUT2D eigenvalue weighted by Gasteiger charge is 2.30. The van der Waals surface area contributed by atoms with Crippen LogP contribution in [0.25, 0.3) is 11.4 Å². The summed E-state index contributed by atoms with van der Waals surface area (Å²) in [5.74, 6) is -0.783. The Kier molecular flexibility index (Phi) is 6.22. The van der Waals surface area contributed by atoms with E-state index in [-0.39, 0.29) is 16.6 Å². The highest BCUT2D eigenvalue weighted by molar-refractivity contribution is 7.18. The Morgan fingerprint density at radius 1 is 1.00 bits per heavy atom. The molecule has 0 spiro atoms. The lowest BCUT2D eigenvalue weighted by Crippen LogP contribution is -2.35. The van der Waals surface area contributed by atoms with Gasteiger partial charge in [-0.15, -0.1) is 0 Å². The minimum Gasteiger partial charge on any atom is -0.338 e. The van der Waals surface area contributed by atoms with Gasteiger partial charge in [0.05, 0.1) is 11.3 Å². The Balaban J connectivity index is 1.61. The maximum atomic E-state index is 13.1. The Morgan fingerprint density at radius 2 is 1.72 bits per heavy atom. The molecule has 3 heterocycles. The number of hydrogen-bond acceptors (Lipinski definition) is 5. The normalized spacial score (nSPS) is 14.3. The summed E-state index contributed by atoms with van der Waals surface area (Å²) in [7, 11) is 0. The molecule has 0 aliphatic carbocycles. The first kappa shape index (κ1) is 21.9. The van der Waals surface area contributed by atoms with E-state index in [1.165, 1.54) is 0 Å². The number of likely N-dealkylation sites (tertiary alicyclic amines) is 1. The van der Waals surface area contributed by atoms with Gasteiger partial charge in [0.2, 0.25) is 0 Å². The fourth-order valence-electron chi connectivity index (χ4n) is 3.42. The molecule has 0 unspecified atom stereocenters. The van der Waals surface area contributed by atoms with Gasteiger partial charge < -0.3 is 4.90 Å². The van der Waals surface area contributed by atoms with Crippen molar-refractivity contribution in [1.82, 2.24) is 14.9 Å². The lowest BCUT2D eigenvalue weighted by Gasteiger charge is -2.26. The van der Waals surface area contributed by atoms with Crippen molar-refractivity contribution in [2.24, 2.45) is 0 Å². The van der Waals surface area contributed by atoms with Crippen LogP contribution < -0.4 is 5.32 Å². The number of nitrogens with zero attached hydrogens (tertiary/aromatic N) is 3. The summed E-state index contributed by atoms with van der Waals surface area (Å²) in [4.78, 5) is 36.5. The van der Waals surface area contributed by atoms with Crippen molar-refractivity contribution >= 4 is 28.3 Å². The van der Waals surface area contributed by atoms with Gasteiger partial charge in [-0.2, -0.15) is 13.2 Å². The molecule has 1 saturated heterocycles.